The van der Waals surface area contributed by atoms with E-state index < -0.39 is 11.7 Å². The third-order valence-corrected chi connectivity index (χ3v) is 6.29. The van der Waals surface area contributed by atoms with Gasteiger partial charge in [-0.3, -0.25) is 9.48 Å². The Morgan fingerprint density at radius 3 is 2.86 bits per heavy atom. The van der Waals surface area contributed by atoms with Crippen LogP contribution in [0.2, 0.25) is 0 Å². The number of rotatable bonds is 7. The number of nitrogens with two attached hydrogens (primary N) is 1. The summed E-state index contributed by atoms with van der Waals surface area (Å²) in [5.41, 5.74) is 7.89. The first-order valence-corrected chi connectivity index (χ1v) is 11.8. The Hall–Kier alpha value is -4.10. The van der Waals surface area contributed by atoms with Crippen molar-refractivity contribution in [3.05, 3.63) is 54.0 Å². The summed E-state index contributed by atoms with van der Waals surface area (Å²) in [4.78, 5) is 27.4. The van der Waals surface area contributed by atoms with E-state index in [0.29, 0.717) is 54.7 Å². The molecule has 1 atom stereocenters. The van der Waals surface area contributed by atoms with Crippen molar-refractivity contribution in [2.24, 2.45) is 5.73 Å². The summed E-state index contributed by atoms with van der Waals surface area (Å²) in [7, 11) is 0. The molecular weight excluding hydrogens is 483 g/mol. The van der Waals surface area contributed by atoms with E-state index in [9.17, 15) is 9.18 Å². The van der Waals surface area contributed by atoms with Gasteiger partial charge in [0.05, 0.1) is 36.9 Å². The number of carbonyl (C=O) groups excluding carboxylic acids is 1. The zero-order valence-electron chi connectivity index (χ0n) is 20.2. The van der Waals surface area contributed by atoms with E-state index in [-0.39, 0.29) is 29.4 Å². The minimum atomic E-state index is -0.694. The largest absolute Gasteiger partial charge is 0.423 e. The van der Waals surface area contributed by atoms with Gasteiger partial charge in [0.15, 0.2) is 22.9 Å². The quantitative estimate of drug-likeness (QED) is 0.382. The number of fused-ring (bicyclic) bond motifs is 1. The average Bonchev–Trinajstić information content (AvgIpc) is 3.52. The van der Waals surface area contributed by atoms with E-state index in [4.69, 9.17) is 19.6 Å². The second kappa shape index (κ2) is 8.78. The molecule has 0 radical (unpaired) electrons. The molecule has 37 heavy (non-hydrogen) atoms. The Balaban J connectivity index is 1.12. The average molecular weight is 509 g/mol. The van der Waals surface area contributed by atoms with Crippen molar-refractivity contribution in [2.75, 3.05) is 29.9 Å². The molecule has 5 heterocycles. The van der Waals surface area contributed by atoms with E-state index in [2.05, 4.69) is 25.4 Å². The van der Waals surface area contributed by atoms with Crippen LogP contribution in [0.25, 0.3) is 11.1 Å². The van der Waals surface area contributed by atoms with Crippen LogP contribution in [0.5, 0.6) is 0 Å². The second-order valence-corrected chi connectivity index (χ2v) is 9.59. The van der Waals surface area contributed by atoms with Crippen molar-refractivity contribution in [3.8, 4) is 0 Å². The fraction of sp³-hybridized carbons (Fsp3) is 0.375. The van der Waals surface area contributed by atoms with Crippen LogP contribution in [-0.4, -0.2) is 62.2 Å². The fourth-order valence-electron chi connectivity index (χ4n) is 4.43. The molecule has 2 saturated heterocycles. The number of halogens is 1. The molecule has 2 aliphatic heterocycles. The van der Waals surface area contributed by atoms with Gasteiger partial charge in [-0.25, -0.2) is 14.4 Å². The lowest BCUT2D eigenvalue weighted by Gasteiger charge is -2.37. The molecule has 2 fully saturated rings. The minimum absolute atomic E-state index is 0.00651. The summed E-state index contributed by atoms with van der Waals surface area (Å²) >= 11 is 0. The minimum Gasteiger partial charge on any atom is -0.423 e. The van der Waals surface area contributed by atoms with Gasteiger partial charge in [-0.05, 0) is 26.0 Å². The highest BCUT2D eigenvalue weighted by molar-refractivity contribution is 5.96. The van der Waals surface area contributed by atoms with Gasteiger partial charge in [-0.15, -0.1) is 0 Å². The van der Waals surface area contributed by atoms with Crippen LogP contribution < -0.4 is 16.0 Å². The number of benzene rings is 1. The Labute approximate surface area is 210 Å². The number of aromatic nitrogens is 5. The molecule has 0 bridgehead atoms. The maximum atomic E-state index is 13.4. The molecule has 3 aromatic heterocycles. The number of nitrogens with one attached hydrogen (secondary N) is 1. The number of hydrogen-bond acceptors (Lipinski definition) is 10. The molecule has 6 rings (SSSR count). The molecule has 4 aromatic rings. The molecule has 1 amide bonds. The molecule has 1 aromatic carbocycles. The summed E-state index contributed by atoms with van der Waals surface area (Å²) in [6.07, 6.45) is 4.91. The predicted molar refractivity (Wildman–Crippen MR) is 130 cm³/mol. The fourth-order valence-corrected chi connectivity index (χ4v) is 4.43. The molecule has 192 valence electrons. The number of ether oxygens (including phenoxy) is 2. The maximum Gasteiger partial charge on any atom is 0.298 e. The molecule has 12 nitrogen and oxygen atoms in total. The number of primary amides is 1. The van der Waals surface area contributed by atoms with Gasteiger partial charge in [0.1, 0.15) is 17.4 Å². The molecule has 0 spiro atoms. The number of oxazole rings is 1. The van der Waals surface area contributed by atoms with E-state index in [1.54, 1.807) is 29.3 Å². The standard InChI is InChI=1S/C24H25FN8O4/c1-24(2)35-12-16(37-24)11-33-10-15(6-28-33)29-22-20(21(26)34)30-18(7-27-22)13-8-32(9-13)23-31-17-4-3-14(25)5-19(17)36-23/h3-7,10,13,16H,8-9,11-12H2,1-2H3,(H2,26,34)(H,27,29). The van der Waals surface area contributed by atoms with Crippen LogP contribution in [0, 0.1) is 5.82 Å². The van der Waals surface area contributed by atoms with Crippen LogP contribution in [0.4, 0.5) is 21.9 Å². The Morgan fingerprint density at radius 2 is 2.11 bits per heavy atom. The van der Waals surface area contributed by atoms with E-state index >= 15 is 0 Å². The Bertz CT molecular complexity index is 1480. The Kier molecular flexibility index (Phi) is 5.53. The molecule has 3 N–H and O–H groups in total. The Morgan fingerprint density at radius 1 is 1.27 bits per heavy atom. The van der Waals surface area contributed by atoms with Crippen LogP contribution in [0.15, 0.2) is 41.2 Å². The summed E-state index contributed by atoms with van der Waals surface area (Å²) in [5.74, 6) is -1.43. The predicted octanol–water partition coefficient (Wildman–Crippen LogP) is 2.55. The van der Waals surface area contributed by atoms with E-state index in [1.807, 2.05) is 18.7 Å². The van der Waals surface area contributed by atoms with Crippen molar-refractivity contribution in [3.63, 3.8) is 0 Å². The lowest BCUT2D eigenvalue weighted by molar-refractivity contribution is -0.139. The van der Waals surface area contributed by atoms with Gasteiger partial charge < -0.3 is 29.8 Å². The molecule has 2 aliphatic rings. The van der Waals surface area contributed by atoms with Gasteiger partial charge >= 0.3 is 0 Å². The van der Waals surface area contributed by atoms with Crippen LogP contribution in [0.3, 0.4) is 0 Å². The summed E-state index contributed by atoms with van der Waals surface area (Å²) < 4.78 is 32.2. The zero-order valence-corrected chi connectivity index (χ0v) is 20.2. The first-order chi connectivity index (χ1) is 17.7. The molecule has 0 aliphatic carbocycles. The summed E-state index contributed by atoms with van der Waals surface area (Å²) in [6.45, 7) is 5.87. The third-order valence-electron chi connectivity index (χ3n) is 6.29. The smallest absolute Gasteiger partial charge is 0.298 e. The van der Waals surface area contributed by atoms with E-state index in [1.165, 1.54) is 12.1 Å². The van der Waals surface area contributed by atoms with Gasteiger partial charge in [0.25, 0.3) is 11.9 Å². The number of amides is 1. The summed E-state index contributed by atoms with van der Waals surface area (Å²) in [6, 6.07) is 4.63. The lowest BCUT2D eigenvalue weighted by atomic mass is 9.97. The first-order valence-electron chi connectivity index (χ1n) is 11.8. The molecule has 13 heteroatoms. The van der Waals surface area contributed by atoms with Crippen LogP contribution >= 0.6 is 0 Å². The summed E-state index contributed by atoms with van der Waals surface area (Å²) in [5, 5.41) is 7.41. The highest BCUT2D eigenvalue weighted by Crippen LogP contribution is 2.33. The van der Waals surface area contributed by atoms with Crippen molar-refractivity contribution >= 4 is 34.5 Å². The molecule has 1 unspecified atom stereocenters. The lowest BCUT2D eigenvalue weighted by Crippen LogP contribution is -2.45. The molecular formula is C24H25FN8O4. The first kappa shape index (κ1) is 23.3. The zero-order chi connectivity index (χ0) is 25.7. The van der Waals surface area contributed by atoms with Crippen LogP contribution in [-0.2, 0) is 16.0 Å². The van der Waals surface area contributed by atoms with Crippen molar-refractivity contribution in [1.29, 1.82) is 0 Å². The third kappa shape index (κ3) is 4.70. The van der Waals surface area contributed by atoms with Gasteiger partial charge in [-0.1, -0.05) is 0 Å². The monoisotopic (exact) mass is 508 g/mol. The van der Waals surface area contributed by atoms with E-state index in [0.717, 1.165) is 0 Å². The van der Waals surface area contributed by atoms with Gasteiger partial charge in [0.2, 0.25) is 0 Å². The number of hydrogen-bond donors (Lipinski definition) is 2. The van der Waals surface area contributed by atoms with Gasteiger partial charge in [-0.2, -0.15) is 10.1 Å². The highest BCUT2D eigenvalue weighted by atomic mass is 19.1. The second-order valence-electron chi connectivity index (χ2n) is 9.59. The van der Waals surface area contributed by atoms with Crippen molar-refractivity contribution in [1.82, 2.24) is 24.7 Å². The van der Waals surface area contributed by atoms with Crippen molar-refractivity contribution < 1.29 is 23.1 Å². The number of nitrogens with zero attached hydrogens (tertiary/aromatic N) is 6. The number of anilines is 3. The maximum absolute atomic E-state index is 13.4. The topological polar surface area (TPSA) is 146 Å². The SMILES string of the molecule is CC1(C)OCC(Cn2cc(Nc3ncc(C4CN(c5nc6ccc(F)cc6o5)C4)nc3C(N)=O)cn2)O1. The normalized spacial score (nSPS) is 19.3. The van der Waals surface area contributed by atoms with Gasteiger partial charge in [0, 0.05) is 31.3 Å². The van der Waals surface area contributed by atoms with Crippen LogP contribution in [0.1, 0.15) is 35.9 Å². The number of carbonyl (C=O) groups is 1. The highest BCUT2D eigenvalue weighted by Gasteiger charge is 2.34. The molecule has 0 saturated carbocycles. The van der Waals surface area contributed by atoms with Crippen molar-refractivity contribution in [2.45, 2.75) is 38.2 Å².